The average molecular weight is 335 g/mol. The molecule has 0 aliphatic heterocycles. The second-order valence-electron chi connectivity index (χ2n) is 5.56. The van der Waals surface area contributed by atoms with E-state index in [0.29, 0.717) is 0 Å². The van der Waals surface area contributed by atoms with Gasteiger partial charge >= 0.3 is 0 Å². The number of methoxy groups -OCH3 is 1. The van der Waals surface area contributed by atoms with E-state index in [2.05, 4.69) is 54.4 Å². The number of hydrogen-bond acceptors (Lipinski definition) is 3. The third-order valence-electron chi connectivity index (χ3n) is 3.99. The number of hydrogen-bond donors (Lipinski definition) is 0. The fourth-order valence-corrected chi connectivity index (χ4v) is 3.52. The highest BCUT2D eigenvalue weighted by atomic mass is 32.2. The van der Waals surface area contributed by atoms with Crippen LogP contribution in [0.15, 0.2) is 71.9 Å². The molecule has 0 saturated heterocycles. The fourth-order valence-electron chi connectivity index (χ4n) is 2.64. The molecule has 0 amide bonds. The number of thioether (sulfide) groups is 1. The van der Waals surface area contributed by atoms with Gasteiger partial charge in [-0.2, -0.15) is 0 Å². The largest absolute Gasteiger partial charge is 0.497 e. The highest BCUT2D eigenvalue weighted by Crippen LogP contribution is 2.29. The number of benzene rings is 2. The van der Waals surface area contributed by atoms with Crippen LogP contribution in [0.4, 0.5) is 0 Å². The summed E-state index contributed by atoms with van der Waals surface area (Å²) >= 11 is 1.81. The first kappa shape index (κ1) is 16.6. The van der Waals surface area contributed by atoms with Gasteiger partial charge in [-0.15, -0.1) is 11.8 Å². The molecule has 0 aliphatic carbocycles. The standard InChI is InChI=1S/C21H21NOS/c1-3-17-6-4-5-7-21(17)18-12-20(14-22-13-18)24-15-16-8-10-19(23-2)11-9-16/h4-14H,3,15H2,1-2H3. The van der Waals surface area contributed by atoms with Gasteiger partial charge in [0.15, 0.2) is 0 Å². The molecule has 3 aromatic rings. The van der Waals surface area contributed by atoms with Crippen molar-refractivity contribution in [2.75, 3.05) is 7.11 Å². The molecule has 0 bridgehead atoms. The smallest absolute Gasteiger partial charge is 0.118 e. The predicted molar refractivity (Wildman–Crippen MR) is 102 cm³/mol. The minimum atomic E-state index is 0.892. The molecule has 3 rings (SSSR count). The number of pyridine rings is 1. The molecular formula is C21H21NOS. The van der Waals surface area contributed by atoms with E-state index in [-0.39, 0.29) is 0 Å². The van der Waals surface area contributed by atoms with Crippen LogP contribution in [-0.2, 0) is 12.2 Å². The van der Waals surface area contributed by atoms with Gasteiger partial charge < -0.3 is 4.74 Å². The maximum atomic E-state index is 5.20. The van der Waals surface area contributed by atoms with Gasteiger partial charge in [0.1, 0.15) is 5.75 Å². The first-order valence-corrected chi connectivity index (χ1v) is 9.07. The molecule has 0 fully saturated rings. The minimum Gasteiger partial charge on any atom is -0.497 e. The summed E-state index contributed by atoms with van der Waals surface area (Å²) in [5.74, 6) is 1.81. The Kier molecular flexibility index (Phi) is 5.55. The third kappa shape index (κ3) is 3.98. The first-order valence-electron chi connectivity index (χ1n) is 8.09. The van der Waals surface area contributed by atoms with Crippen LogP contribution in [0.5, 0.6) is 5.75 Å². The molecule has 0 unspecified atom stereocenters. The van der Waals surface area contributed by atoms with Crippen LogP contribution in [0.1, 0.15) is 18.1 Å². The van der Waals surface area contributed by atoms with Gasteiger partial charge in [0.2, 0.25) is 0 Å². The zero-order valence-corrected chi connectivity index (χ0v) is 14.8. The average Bonchev–Trinajstić information content (AvgIpc) is 2.67. The van der Waals surface area contributed by atoms with Crippen LogP contribution in [0.25, 0.3) is 11.1 Å². The van der Waals surface area contributed by atoms with Crippen molar-refractivity contribution in [2.24, 2.45) is 0 Å². The maximum Gasteiger partial charge on any atom is 0.118 e. The van der Waals surface area contributed by atoms with E-state index < -0.39 is 0 Å². The number of aryl methyl sites for hydroxylation is 1. The summed E-state index contributed by atoms with van der Waals surface area (Å²) in [5.41, 5.74) is 5.10. The molecule has 0 radical (unpaired) electrons. The van der Waals surface area contributed by atoms with E-state index in [4.69, 9.17) is 4.74 Å². The SMILES string of the molecule is CCc1ccccc1-c1cncc(SCc2ccc(OC)cc2)c1. The Hall–Kier alpha value is -2.26. The van der Waals surface area contributed by atoms with Crippen molar-refractivity contribution >= 4 is 11.8 Å². The fraction of sp³-hybridized carbons (Fsp3) is 0.190. The Morgan fingerprint density at radius 3 is 2.54 bits per heavy atom. The van der Waals surface area contributed by atoms with Gasteiger partial charge in [0.25, 0.3) is 0 Å². The Balaban J connectivity index is 1.75. The van der Waals surface area contributed by atoms with Crippen LogP contribution < -0.4 is 4.74 Å². The number of ether oxygens (including phenoxy) is 1. The lowest BCUT2D eigenvalue weighted by Gasteiger charge is -2.09. The number of nitrogens with zero attached hydrogens (tertiary/aromatic N) is 1. The second-order valence-corrected chi connectivity index (χ2v) is 6.61. The lowest BCUT2D eigenvalue weighted by Crippen LogP contribution is -1.89. The monoisotopic (exact) mass is 335 g/mol. The molecule has 0 atom stereocenters. The van der Waals surface area contributed by atoms with Crippen LogP contribution >= 0.6 is 11.8 Å². The molecule has 1 aromatic heterocycles. The van der Waals surface area contributed by atoms with Crippen molar-refractivity contribution in [3.8, 4) is 16.9 Å². The van der Waals surface area contributed by atoms with E-state index in [1.54, 1.807) is 18.9 Å². The summed E-state index contributed by atoms with van der Waals surface area (Å²) in [6, 6.07) is 19.0. The van der Waals surface area contributed by atoms with E-state index >= 15 is 0 Å². The summed E-state index contributed by atoms with van der Waals surface area (Å²) in [4.78, 5) is 5.62. The van der Waals surface area contributed by atoms with E-state index in [1.807, 2.05) is 24.5 Å². The van der Waals surface area contributed by atoms with Crippen molar-refractivity contribution in [1.29, 1.82) is 0 Å². The van der Waals surface area contributed by atoms with E-state index in [0.717, 1.165) is 17.9 Å². The Labute approximate surface area is 147 Å². The first-order chi connectivity index (χ1) is 11.8. The summed E-state index contributed by atoms with van der Waals surface area (Å²) in [5, 5.41) is 0. The topological polar surface area (TPSA) is 22.1 Å². The molecule has 1 heterocycles. The normalized spacial score (nSPS) is 10.6. The number of aromatic nitrogens is 1. The summed E-state index contributed by atoms with van der Waals surface area (Å²) in [6.07, 6.45) is 4.91. The molecule has 24 heavy (non-hydrogen) atoms. The van der Waals surface area contributed by atoms with Crippen LogP contribution in [0.3, 0.4) is 0 Å². The molecule has 122 valence electrons. The quantitative estimate of drug-likeness (QED) is 0.546. The van der Waals surface area contributed by atoms with Crippen molar-refractivity contribution in [1.82, 2.24) is 4.98 Å². The highest BCUT2D eigenvalue weighted by molar-refractivity contribution is 7.98. The van der Waals surface area contributed by atoms with Gasteiger partial charge in [-0.1, -0.05) is 43.3 Å². The van der Waals surface area contributed by atoms with Crippen molar-refractivity contribution in [3.63, 3.8) is 0 Å². The zero-order valence-electron chi connectivity index (χ0n) is 14.0. The second kappa shape index (κ2) is 8.02. The summed E-state index contributed by atoms with van der Waals surface area (Å²) < 4.78 is 5.20. The molecule has 2 aromatic carbocycles. The summed E-state index contributed by atoms with van der Waals surface area (Å²) in [7, 11) is 1.69. The Morgan fingerprint density at radius 2 is 1.79 bits per heavy atom. The molecule has 0 aliphatic rings. The van der Waals surface area contributed by atoms with Crippen molar-refractivity contribution in [3.05, 3.63) is 78.1 Å². The van der Waals surface area contributed by atoms with Crippen LogP contribution in [0.2, 0.25) is 0 Å². The molecule has 0 spiro atoms. The molecular weight excluding hydrogens is 314 g/mol. The Bertz CT molecular complexity index is 799. The highest BCUT2D eigenvalue weighted by Gasteiger charge is 2.05. The minimum absolute atomic E-state index is 0.892. The lowest BCUT2D eigenvalue weighted by molar-refractivity contribution is 0.414. The van der Waals surface area contributed by atoms with Gasteiger partial charge in [0.05, 0.1) is 7.11 Å². The molecule has 2 nitrogen and oxygen atoms in total. The Morgan fingerprint density at radius 1 is 1.00 bits per heavy atom. The van der Waals surface area contributed by atoms with Gasteiger partial charge in [-0.3, -0.25) is 4.98 Å². The van der Waals surface area contributed by atoms with Crippen molar-refractivity contribution < 1.29 is 4.74 Å². The zero-order chi connectivity index (χ0) is 16.8. The van der Waals surface area contributed by atoms with Gasteiger partial charge in [0, 0.05) is 28.6 Å². The van der Waals surface area contributed by atoms with E-state index in [9.17, 15) is 0 Å². The molecule has 0 N–H and O–H groups in total. The maximum absolute atomic E-state index is 5.20. The lowest BCUT2D eigenvalue weighted by atomic mass is 10.00. The molecule has 0 saturated carbocycles. The summed E-state index contributed by atoms with van der Waals surface area (Å²) in [6.45, 7) is 2.19. The predicted octanol–water partition coefficient (Wildman–Crippen LogP) is 5.61. The van der Waals surface area contributed by atoms with Crippen LogP contribution in [0, 0.1) is 0 Å². The molecule has 3 heteroatoms. The number of rotatable bonds is 6. The van der Waals surface area contributed by atoms with Gasteiger partial charge in [-0.05, 0) is 41.3 Å². The third-order valence-corrected chi connectivity index (χ3v) is 5.02. The van der Waals surface area contributed by atoms with Crippen LogP contribution in [-0.4, -0.2) is 12.1 Å². The van der Waals surface area contributed by atoms with E-state index in [1.165, 1.54) is 27.1 Å². The van der Waals surface area contributed by atoms with Crippen molar-refractivity contribution in [2.45, 2.75) is 24.0 Å². The van der Waals surface area contributed by atoms with Gasteiger partial charge in [-0.25, -0.2) is 0 Å².